The van der Waals surface area contributed by atoms with Crippen molar-refractivity contribution in [3.8, 4) is 0 Å². The Morgan fingerprint density at radius 1 is 1.25 bits per heavy atom. The van der Waals surface area contributed by atoms with Crippen LogP contribution in [-0.4, -0.2) is 43.5 Å². The van der Waals surface area contributed by atoms with E-state index in [-0.39, 0.29) is 18.4 Å². The van der Waals surface area contributed by atoms with Crippen LogP contribution in [0.4, 0.5) is 0 Å². The molecule has 0 saturated carbocycles. The van der Waals surface area contributed by atoms with Gasteiger partial charge >= 0.3 is 5.97 Å². The first-order valence-corrected chi connectivity index (χ1v) is 5.68. The molecule has 0 rings (SSSR count). The third-order valence-electron chi connectivity index (χ3n) is 2.15. The molecule has 0 aromatic rings. The third-order valence-corrected chi connectivity index (χ3v) is 2.15. The van der Waals surface area contributed by atoms with E-state index in [1.54, 1.807) is 6.92 Å². The Hall–Kier alpha value is -1.10. The Morgan fingerprint density at radius 2 is 1.94 bits per heavy atom. The van der Waals surface area contributed by atoms with Crippen LogP contribution in [0.15, 0.2) is 0 Å². The van der Waals surface area contributed by atoms with Crippen LogP contribution in [0.25, 0.3) is 0 Å². The number of hydrogen-bond acceptors (Lipinski definition) is 4. The van der Waals surface area contributed by atoms with Crippen molar-refractivity contribution in [1.82, 2.24) is 4.90 Å². The minimum atomic E-state index is -0.311. The molecule has 0 aliphatic rings. The highest BCUT2D eigenvalue weighted by atomic mass is 16.5. The highest BCUT2D eigenvalue weighted by molar-refractivity contribution is 5.75. The average Bonchev–Trinajstić information content (AvgIpc) is 2.16. The lowest BCUT2D eigenvalue weighted by molar-refractivity contribution is -0.143. The highest BCUT2D eigenvalue weighted by Crippen LogP contribution is 2.02. The van der Waals surface area contributed by atoms with Crippen LogP contribution >= 0.6 is 0 Å². The van der Waals surface area contributed by atoms with Gasteiger partial charge in [0, 0.05) is 6.42 Å². The number of ether oxygens (including phenoxy) is 1. The molecule has 0 unspecified atom stereocenters. The Balaban J connectivity index is 3.32. The van der Waals surface area contributed by atoms with Gasteiger partial charge in [-0.05, 0) is 33.4 Å². The van der Waals surface area contributed by atoms with Crippen molar-refractivity contribution >= 4 is 11.9 Å². The van der Waals surface area contributed by atoms with Gasteiger partial charge in [-0.2, -0.15) is 0 Å². The Labute approximate surface area is 96.9 Å². The summed E-state index contributed by atoms with van der Waals surface area (Å²) < 4.78 is 4.81. The first kappa shape index (κ1) is 14.9. The molecule has 0 atom stereocenters. The summed E-state index contributed by atoms with van der Waals surface area (Å²) >= 11 is 0. The molecule has 5 heteroatoms. The van der Waals surface area contributed by atoms with Crippen molar-refractivity contribution in [2.24, 2.45) is 5.73 Å². The summed E-state index contributed by atoms with van der Waals surface area (Å²) in [5.41, 5.74) is 5.06. The number of esters is 1. The topological polar surface area (TPSA) is 72.6 Å². The van der Waals surface area contributed by atoms with Crippen LogP contribution in [0.2, 0.25) is 0 Å². The van der Waals surface area contributed by atoms with Gasteiger partial charge in [-0.1, -0.05) is 6.42 Å². The van der Waals surface area contributed by atoms with Gasteiger partial charge in [-0.3, -0.25) is 14.5 Å². The SMILES string of the molecule is CCOC(=O)CCCCCN(C)CC(N)=O. The molecule has 0 heterocycles. The first-order chi connectivity index (χ1) is 7.56. The van der Waals surface area contributed by atoms with E-state index in [2.05, 4.69) is 0 Å². The minimum Gasteiger partial charge on any atom is -0.466 e. The Morgan fingerprint density at radius 3 is 2.50 bits per heavy atom. The van der Waals surface area contributed by atoms with Crippen molar-refractivity contribution in [2.75, 3.05) is 26.7 Å². The van der Waals surface area contributed by atoms with Crippen LogP contribution in [-0.2, 0) is 14.3 Å². The number of carbonyl (C=O) groups excluding carboxylic acids is 2. The lowest BCUT2D eigenvalue weighted by Crippen LogP contribution is -2.31. The molecule has 94 valence electrons. The van der Waals surface area contributed by atoms with E-state index in [0.29, 0.717) is 13.0 Å². The van der Waals surface area contributed by atoms with Gasteiger partial charge in [0.15, 0.2) is 0 Å². The van der Waals surface area contributed by atoms with Crippen LogP contribution in [0.3, 0.4) is 0 Å². The van der Waals surface area contributed by atoms with E-state index in [1.165, 1.54) is 0 Å². The smallest absolute Gasteiger partial charge is 0.305 e. The van der Waals surface area contributed by atoms with Gasteiger partial charge < -0.3 is 10.5 Å². The molecular weight excluding hydrogens is 208 g/mol. The van der Waals surface area contributed by atoms with Crippen LogP contribution in [0, 0.1) is 0 Å². The largest absolute Gasteiger partial charge is 0.466 e. The van der Waals surface area contributed by atoms with Gasteiger partial charge in [0.25, 0.3) is 0 Å². The molecule has 0 aromatic carbocycles. The maximum Gasteiger partial charge on any atom is 0.305 e. The van der Waals surface area contributed by atoms with Crippen LogP contribution in [0.1, 0.15) is 32.6 Å². The fraction of sp³-hybridized carbons (Fsp3) is 0.818. The zero-order valence-electron chi connectivity index (χ0n) is 10.2. The number of nitrogens with two attached hydrogens (primary N) is 1. The van der Waals surface area contributed by atoms with Crippen molar-refractivity contribution in [3.05, 3.63) is 0 Å². The average molecular weight is 230 g/mol. The molecule has 0 spiro atoms. The van der Waals surface area contributed by atoms with E-state index in [9.17, 15) is 9.59 Å². The fourth-order valence-corrected chi connectivity index (χ4v) is 1.41. The Kier molecular flexibility index (Phi) is 8.52. The standard InChI is InChI=1S/C11H22N2O3/c1-3-16-11(15)7-5-4-6-8-13(2)9-10(12)14/h3-9H2,1-2H3,(H2,12,14). The van der Waals surface area contributed by atoms with Crippen molar-refractivity contribution < 1.29 is 14.3 Å². The lowest BCUT2D eigenvalue weighted by Gasteiger charge is -2.13. The number of nitrogens with zero attached hydrogens (tertiary/aromatic N) is 1. The maximum absolute atomic E-state index is 11.0. The third kappa shape index (κ3) is 9.45. The van der Waals surface area contributed by atoms with Gasteiger partial charge in [0.05, 0.1) is 13.2 Å². The Bertz CT molecular complexity index is 219. The molecular formula is C11H22N2O3. The predicted molar refractivity (Wildman–Crippen MR) is 61.8 cm³/mol. The molecule has 0 fully saturated rings. The maximum atomic E-state index is 11.0. The normalized spacial score (nSPS) is 10.4. The number of primary amides is 1. The van der Waals surface area contributed by atoms with Crippen molar-refractivity contribution in [3.63, 3.8) is 0 Å². The van der Waals surface area contributed by atoms with Gasteiger partial charge in [-0.15, -0.1) is 0 Å². The zero-order chi connectivity index (χ0) is 12.4. The summed E-state index contributed by atoms with van der Waals surface area (Å²) in [7, 11) is 1.86. The van der Waals surface area contributed by atoms with E-state index >= 15 is 0 Å². The number of hydrogen-bond donors (Lipinski definition) is 1. The molecule has 2 N–H and O–H groups in total. The predicted octanol–water partition coefficient (Wildman–Crippen LogP) is 0.527. The van der Waals surface area contributed by atoms with E-state index in [4.69, 9.17) is 10.5 Å². The molecule has 5 nitrogen and oxygen atoms in total. The molecule has 0 aromatic heterocycles. The second-order valence-corrected chi connectivity index (χ2v) is 3.82. The number of likely N-dealkylation sites (N-methyl/N-ethyl adjacent to an activating group) is 1. The van der Waals surface area contributed by atoms with E-state index in [0.717, 1.165) is 25.8 Å². The summed E-state index contributed by atoms with van der Waals surface area (Å²) in [6.07, 6.45) is 3.24. The fourth-order valence-electron chi connectivity index (χ4n) is 1.41. The quantitative estimate of drug-likeness (QED) is 0.463. The zero-order valence-corrected chi connectivity index (χ0v) is 10.2. The molecule has 16 heavy (non-hydrogen) atoms. The van der Waals surface area contributed by atoms with Crippen molar-refractivity contribution in [1.29, 1.82) is 0 Å². The summed E-state index contributed by atoms with van der Waals surface area (Å²) in [4.78, 5) is 23.5. The highest BCUT2D eigenvalue weighted by Gasteiger charge is 2.03. The van der Waals surface area contributed by atoms with Gasteiger partial charge in [-0.25, -0.2) is 0 Å². The number of unbranched alkanes of at least 4 members (excludes halogenated alkanes) is 2. The van der Waals surface area contributed by atoms with Crippen molar-refractivity contribution in [2.45, 2.75) is 32.6 Å². The van der Waals surface area contributed by atoms with E-state index < -0.39 is 0 Å². The molecule has 1 amide bonds. The van der Waals surface area contributed by atoms with Crippen LogP contribution < -0.4 is 5.73 Å². The summed E-state index contributed by atoms with van der Waals surface area (Å²) in [6.45, 7) is 3.36. The van der Waals surface area contributed by atoms with Gasteiger partial charge in [0.1, 0.15) is 0 Å². The summed E-state index contributed by atoms with van der Waals surface area (Å²) in [5.74, 6) is -0.443. The molecule has 0 saturated heterocycles. The molecule has 0 radical (unpaired) electrons. The van der Waals surface area contributed by atoms with Gasteiger partial charge in [0.2, 0.25) is 5.91 Å². The monoisotopic (exact) mass is 230 g/mol. The van der Waals surface area contributed by atoms with E-state index in [1.807, 2.05) is 11.9 Å². The number of amides is 1. The molecule has 0 aliphatic heterocycles. The number of rotatable bonds is 9. The molecule has 0 bridgehead atoms. The first-order valence-electron chi connectivity index (χ1n) is 5.68. The number of carbonyl (C=O) groups is 2. The second-order valence-electron chi connectivity index (χ2n) is 3.82. The summed E-state index contributed by atoms with van der Waals surface area (Å²) in [5, 5.41) is 0. The second kappa shape index (κ2) is 9.15. The molecule has 0 aliphatic carbocycles. The van der Waals surface area contributed by atoms with Crippen LogP contribution in [0.5, 0.6) is 0 Å². The lowest BCUT2D eigenvalue weighted by atomic mass is 10.2. The minimum absolute atomic E-state index is 0.131. The summed E-state index contributed by atoms with van der Waals surface area (Å²) in [6, 6.07) is 0.